The van der Waals surface area contributed by atoms with Crippen LogP contribution in [-0.4, -0.2) is 22.0 Å². The van der Waals surface area contributed by atoms with E-state index in [0.717, 1.165) is 11.4 Å². The summed E-state index contributed by atoms with van der Waals surface area (Å²) in [5.74, 6) is 0.531. The number of nitrogens with zero attached hydrogens (tertiary/aromatic N) is 2. The lowest BCUT2D eigenvalue weighted by atomic mass is 10.1. The van der Waals surface area contributed by atoms with E-state index in [1.807, 2.05) is 0 Å². The molecule has 0 spiro atoms. The summed E-state index contributed by atoms with van der Waals surface area (Å²) in [5.41, 5.74) is 0. The third-order valence-electron chi connectivity index (χ3n) is 1.96. The summed E-state index contributed by atoms with van der Waals surface area (Å²) in [6, 6.07) is 0. The van der Waals surface area contributed by atoms with Crippen LogP contribution < -0.4 is 5.32 Å². The van der Waals surface area contributed by atoms with Crippen molar-refractivity contribution in [3.8, 4) is 0 Å². The lowest BCUT2D eigenvalue weighted by molar-refractivity contribution is -0.118. The molecule has 1 heterocycles. The Labute approximate surface area is 104 Å². The molecule has 0 aromatic carbocycles. The molecule has 0 aliphatic carbocycles. The van der Waals surface area contributed by atoms with Crippen molar-refractivity contribution in [2.24, 2.45) is 11.8 Å². The molecule has 1 amide bonds. The van der Waals surface area contributed by atoms with E-state index in [-0.39, 0.29) is 11.8 Å². The summed E-state index contributed by atoms with van der Waals surface area (Å²) in [7, 11) is 0. The Morgan fingerprint density at radius 1 is 1.44 bits per heavy atom. The molecule has 90 valence electrons. The van der Waals surface area contributed by atoms with Crippen LogP contribution in [0.5, 0.6) is 0 Å². The summed E-state index contributed by atoms with van der Waals surface area (Å²) >= 11 is 7.01. The monoisotopic (exact) mass is 261 g/mol. The van der Waals surface area contributed by atoms with Gasteiger partial charge in [0.15, 0.2) is 0 Å². The zero-order chi connectivity index (χ0) is 12.1. The number of halogens is 1. The van der Waals surface area contributed by atoms with Crippen molar-refractivity contribution in [2.45, 2.75) is 27.2 Å². The van der Waals surface area contributed by atoms with Crippen molar-refractivity contribution in [1.29, 1.82) is 0 Å². The maximum Gasteiger partial charge on any atom is 0.230 e. The van der Waals surface area contributed by atoms with E-state index < -0.39 is 0 Å². The lowest BCUT2D eigenvalue weighted by Gasteiger charge is -2.05. The summed E-state index contributed by atoms with van der Waals surface area (Å²) in [4.78, 5) is 11.5. The molecular formula is C10H16ClN3OS. The van der Waals surface area contributed by atoms with Gasteiger partial charge in [-0.15, -0.1) is 21.8 Å². The van der Waals surface area contributed by atoms with E-state index in [9.17, 15) is 4.79 Å². The van der Waals surface area contributed by atoms with Crippen LogP contribution in [0.25, 0.3) is 0 Å². The topological polar surface area (TPSA) is 54.9 Å². The number of carbonyl (C=O) groups excluding carboxylic acids is 1. The predicted molar refractivity (Wildman–Crippen MR) is 67.0 cm³/mol. The largest absolute Gasteiger partial charge is 0.300 e. The van der Waals surface area contributed by atoms with E-state index in [2.05, 4.69) is 29.4 Å². The molecule has 6 heteroatoms. The molecule has 0 saturated carbocycles. The molecular weight excluding hydrogens is 246 g/mol. The molecule has 1 rings (SSSR count). The molecule has 0 aliphatic heterocycles. The fraction of sp³-hybridized carbons (Fsp3) is 0.700. The molecule has 0 saturated heterocycles. The second kappa shape index (κ2) is 6.15. The number of aromatic nitrogens is 2. The first-order valence-electron chi connectivity index (χ1n) is 5.22. The Bertz CT molecular complexity index is 354. The summed E-state index contributed by atoms with van der Waals surface area (Å²) in [5, 5.41) is 12.1. The molecule has 1 aromatic rings. The first-order chi connectivity index (χ1) is 7.52. The maximum absolute atomic E-state index is 11.5. The summed E-state index contributed by atoms with van der Waals surface area (Å²) in [6.07, 6.45) is 0.887. The van der Waals surface area contributed by atoms with Crippen molar-refractivity contribution in [3.63, 3.8) is 0 Å². The highest BCUT2D eigenvalue weighted by Gasteiger charge is 2.14. The molecule has 0 radical (unpaired) electrons. The number of anilines is 1. The summed E-state index contributed by atoms with van der Waals surface area (Å²) < 4.78 is 0. The molecule has 16 heavy (non-hydrogen) atoms. The highest BCUT2D eigenvalue weighted by atomic mass is 35.5. The highest BCUT2D eigenvalue weighted by Crippen LogP contribution is 2.18. The van der Waals surface area contributed by atoms with Gasteiger partial charge in [0.05, 0.1) is 0 Å². The molecule has 1 unspecified atom stereocenters. The number of nitrogens with one attached hydrogen (secondary N) is 1. The Hall–Kier alpha value is -0.680. The van der Waals surface area contributed by atoms with Gasteiger partial charge in [0.1, 0.15) is 5.01 Å². The van der Waals surface area contributed by atoms with E-state index in [0.29, 0.717) is 16.9 Å². The lowest BCUT2D eigenvalue weighted by Crippen LogP contribution is -2.21. The third kappa shape index (κ3) is 4.06. The van der Waals surface area contributed by atoms with Crippen molar-refractivity contribution in [3.05, 3.63) is 5.01 Å². The van der Waals surface area contributed by atoms with Gasteiger partial charge in [-0.25, -0.2) is 0 Å². The van der Waals surface area contributed by atoms with E-state index in [4.69, 9.17) is 11.6 Å². The average molecular weight is 262 g/mol. The normalized spacial score (nSPS) is 12.8. The van der Waals surface area contributed by atoms with Gasteiger partial charge >= 0.3 is 0 Å². The van der Waals surface area contributed by atoms with Crippen LogP contribution in [0.2, 0.25) is 0 Å². The molecule has 1 N–H and O–H groups in total. The fourth-order valence-corrected chi connectivity index (χ4v) is 2.13. The smallest absolute Gasteiger partial charge is 0.230 e. The van der Waals surface area contributed by atoms with Gasteiger partial charge in [0.2, 0.25) is 11.0 Å². The highest BCUT2D eigenvalue weighted by molar-refractivity contribution is 7.15. The van der Waals surface area contributed by atoms with E-state index >= 15 is 0 Å². The first-order valence-corrected chi connectivity index (χ1v) is 6.57. The van der Waals surface area contributed by atoms with Crippen LogP contribution in [0.1, 0.15) is 25.8 Å². The van der Waals surface area contributed by atoms with E-state index in [1.54, 1.807) is 6.92 Å². The van der Waals surface area contributed by atoms with Crippen LogP contribution in [0, 0.1) is 11.8 Å². The number of carbonyl (C=O) groups is 1. The number of alkyl halides is 1. The standard InChI is InChI=1S/C10H16ClN3OS/c1-6(2)4-8-13-14-10(16-8)12-9(15)7(3)5-11/h6-7H,4-5H2,1-3H3,(H,12,14,15). The second-order valence-corrected chi connectivity index (χ2v) is 5.51. The Morgan fingerprint density at radius 3 is 2.69 bits per heavy atom. The van der Waals surface area contributed by atoms with Gasteiger partial charge < -0.3 is 5.32 Å². The minimum Gasteiger partial charge on any atom is -0.300 e. The molecule has 1 aromatic heterocycles. The zero-order valence-electron chi connectivity index (χ0n) is 9.66. The van der Waals surface area contributed by atoms with Crippen LogP contribution in [0.3, 0.4) is 0 Å². The van der Waals surface area contributed by atoms with Crippen molar-refractivity contribution in [1.82, 2.24) is 10.2 Å². The number of amides is 1. The minimum absolute atomic E-state index is 0.109. The SMILES string of the molecule is CC(C)Cc1nnc(NC(=O)C(C)CCl)s1. The van der Waals surface area contributed by atoms with Gasteiger partial charge in [0.25, 0.3) is 0 Å². The van der Waals surface area contributed by atoms with Crippen LogP contribution in [-0.2, 0) is 11.2 Å². The molecule has 0 fully saturated rings. The maximum atomic E-state index is 11.5. The fourth-order valence-electron chi connectivity index (χ4n) is 1.03. The number of rotatable bonds is 5. The molecule has 0 aliphatic rings. The number of hydrogen-bond acceptors (Lipinski definition) is 4. The molecule has 4 nitrogen and oxygen atoms in total. The Balaban J connectivity index is 2.55. The third-order valence-corrected chi connectivity index (χ3v) is 3.28. The van der Waals surface area contributed by atoms with Crippen molar-refractivity contribution < 1.29 is 4.79 Å². The van der Waals surface area contributed by atoms with Gasteiger partial charge in [-0.05, 0) is 5.92 Å². The molecule has 1 atom stereocenters. The van der Waals surface area contributed by atoms with Crippen LogP contribution in [0.15, 0.2) is 0 Å². The Morgan fingerprint density at radius 2 is 2.12 bits per heavy atom. The van der Waals surface area contributed by atoms with Gasteiger partial charge in [0, 0.05) is 18.2 Å². The molecule has 0 bridgehead atoms. The first kappa shape index (κ1) is 13.4. The second-order valence-electron chi connectivity index (χ2n) is 4.14. The summed E-state index contributed by atoms with van der Waals surface area (Å²) in [6.45, 7) is 6.02. The van der Waals surface area contributed by atoms with Crippen molar-refractivity contribution in [2.75, 3.05) is 11.2 Å². The zero-order valence-corrected chi connectivity index (χ0v) is 11.2. The Kier molecular flexibility index (Phi) is 5.15. The van der Waals surface area contributed by atoms with Gasteiger partial charge in [-0.3, -0.25) is 4.79 Å². The quantitative estimate of drug-likeness (QED) is 0.829. The van der Waals surface area contributed by atoms with E-state index in [1.165, 1.54) is 11.3 Å². The average Bonchev–Trinajstić information content (AvgIpc) is 2.63. The minimum atomic E-state index is -0.209. The predicted octanol–water partition coefficient (Wildman–Crippen LogP) is 2.55. The number of hydrogen-bond donors (Lipinski definition) is 1. The van der Waals surface area contributed by atoms with Crippen LogP contribution in [0.4, 0.5) is 5.13 Å². The van der Waals surface area contributed by atoms with Crippen LogP contribution >= 0.6 is 22.9 Å². The van der Waals surface area contributed by atoms with Crippen molar-refractivity contribution >= 4 is 34.0 Å². The van der Waals surface area contributed by atoms with Gasteiger partial charge in [-0.1, -0.05) is 32.1 Å². The van der Waals surface area contributed by atoms with Gasteiger partial charge in [-0.2, -0.15) is 0 Å².